The maximum Gasteiger partial charge on any atom is 0.228 e. The van der Waals surface area contributed by atoms with Crippen LogP contribution >= 0.6 is 15.9 Å². The average molecular weight is 403 g/mol. The van der Waals surface area contributed by atoms with Crippen molar-refractivity contribution in [2.45, 2.75) is 26.2 Å². The maximum atomic E-state index is 12.3. The van der Waals surface area contributed by atoms with Crippen molar-refractivity contribution in [2.75, 3.05) is 16.8 Å². The van der Waals surface area contributed by atoms with Crippen LogP contribution in [0.4, 0.5) is 11.4 Å². The minimum atomic E-state index is -0.197. The van der Waals surface area contributed by atoms with E-state index in [4.69, 9.17) is 0 Å². The lowest BCUT2D eigenvalue weighted by Crippen LogP contribution is -2.33. The number of aromatic hydroxyl groups is 1. The van der Waals surface area contributed by atoms with Crippen molar-refractivity contribution in [3.05, 3.63) is 52.0 Å². The summed E-state index contributed by atoms with van der Waals surface area (Å²) in [5, 5.41) is 12.8. The summed E-state index contributed by atoms with van der Waals surface area (Å²) in [4.78, 5) is 25.7. The molecule has 25 heavy (non-hydrogen) atoms. The van der Waals surface area contributed by atoms with E-state index in [-0.39, 0.29) is 24.0 Å². The number of nitrogens with one attached hydrogen (secondary N) is 1. The Labute approximate surface area is 154 Å². The molecule has 0 aromatic heterocycles. The third-order valence-corrected chi connectivity index (χ3v) is 4.75. The Morgan fingerprint density at radius 3 is 2.76 bits per heavy atom. The topological polar surface area (TPSA) is 69.6 Å². The summed E-state index contributed by atoms with van der Waals surface area (Å²) in [6.07, 6.45) is 1.89. The van der Waals surface area contributed by atoms with E-state index in [2.05, 4.69) is 21.2 Å². The molecule has 0 radical (unpaired) electrons. The maximum absolute atomic E-state index is 12.3. The van der Waals surface area contributed by atoms with Gasteiger partial charge >= 0.3 is 0 Å². The normalized spacial score (nSPS) is 13.3. The van der Waals surface area contributed by atoms with Gasteiger partial charge in [-0.2, -0.15) is 0 Å². The van der Waals surface area contributed by atoms with Gasteiger partial charge in [0.1, 0.15) is 5.75 Å². The Balaban J connectivity index is 1.73. The second kappa shape index (κ2) is 7.27. The average Bonchev–Trinajstić information content (AvgIpc) is 2.56. The summed E-state index contributed by atoms with van der Waals surface area (Å²) in [5.41, 5.74) is 3.25. The number of halogens is 1. The Morgan fingerprint density at radius 1 is 1.24 bits per heavy atom. The number of nitrogens with zero attached hydrogens (tertiary/aromatic N) is 1. The standard InChI is InChI=1S/C19H19BrN2O3/c1-12(23)22-8-2-3-13-9-16(6-7-17(13)22)21-19(25)10-14-4-5-15(20)11-18(14)24/h4-7,9,11,24H,2-3,8,10H2,1H3,(H,21,25). The van der Waals surface area contributed by atoms with Gasteiger partial charge in [0.15, 0.2) is 0 Å². The van der Waals surface area contributed by atoms with Crippen molar-refractivity contribution in [1.82, 2.24) is 0 Å². The van der Waals surface area contributed by atoms with Gasteiger partial charge in [0.05, 0.1) is 6.42 Å². The number of hydrogen-bond donors (Lipinski definition) is 2. The molecule has 0 atom stereocenters. The minimum absolute atomic E-state index is 0.0310. The first-order chi connectivity index (χ1) is 11.9. The second-order valence-corrected chi connectivity index (χ2v) is 7.03. The number of phenolic OH excluding ortho intramolecular Hbond substituents is 1. The second-order valence-electron chi connectivity index (χ2n) is 6.12. The van der Waals surface area contributed by atoms with Gasteiger partial charge in [-0.15, -0.1) is 0 Å². The quantitative estimate of drug-likeness (QED) is 0.823. The molecular formula is C19H19BrN2O3. The molecule has 2 amide bonds. The molecular weight excluding hydrogens is 384 g/mol. The minimum Gasteiger partial charge on any atom is -0.508 e. The number of amides is 2. The van der Waals surface area contributed by atoms with Gasteiger partial charge < -0.3 is 15.3 Å². The van der Waals surface area contributed by atoms with Crippen molar-refractivity contribution in [3.63, 3.8) is 0 Å². The van der Waals surface area contributed by atoms with Crippen LogP contribution in [0.3, 0.4) is 0 Å². The van der Waals surface area contributed by atoms with Crippen molar-refractivity contribution in [1.29, 1.82) is 0 Å². The number of hydrogen-bond acceptors (Lipinski definition) is 3. The molecule has 1 heterocycles. The summed E-state index contributed by atoms with van der Waals surface area (Å²) < 4.78 is 0.763. The first-order valence-corrected chi connectivity index (χ1v) is 8.91. The highest BCUT2D eigenvalue weighted by Crippen LogP contribution is 2.30. The third kappa shape index (κ3) is 4.02. The van der Waals surface area contributed by atoms with E-state index in [9.17, 15) is 14.7 Å². The molecule has 130 valence electrons. The first-order valence-electron chi connectivity index (χ1n) is 8.12. The molecule has 0 saturated heterocycles. The molecule has 0 saturated carbocycles. The van der Waals surface area contributed by atoms with Gasteiger partial charge in [-0.05, 0) is 48.7 Å². The van der Waals surface area contributed by atoms with Crippen molar-refractivity contribution >= 4 is 39.1 Å². The number of fused-ring (bicyclic) bond motifs is 1. The summed E-state index contributed by atoms with van der Waals surface area (Å²) in [6, 6.07) is 10.7. The fourth-order valence-electron chi connectivity index (χ4n) is 3.07. The van der Waals surface area contributed by atoms with Gasteiger partial charge in [0, 0.05) is 34.9 Å². The molecule has 5 nitrogen and oxygen atoms in total. The van der Waals surface area contributed by atoms with E-state index >= 15 is 0 Å². The van der Waals surface area contributed by atoms with Crippen LogP contribution < -0.4 is 10.2 Å². The fourth-order valence-corrected chi connectivity index (χ4v) is 3.42. The number of carbonyl (C=O) groups is 2. The molecule has 0 fully saturated rings. The van der Waals surface area contributed by atoms with Crippen molar-refractivity contribution < 1.29 is 14.7 Å². The smallest absolute Gasteiger partial charge is 0.228 e. The van der Waals surface area contributed by atoms with E-state index in [1.54, 1.807) is 36.1 Å². The van der Waals surface area contributed by atoms with Gasteiger partial charge in [-0.1, -0.05) is 22.0 Å². The van der Waals surface area contributed by atoms with E-state index in [1.165, 1.54) is 0 Å². The Hall–Kier alpha value is -2.34. The Morgan fingerprint density at radius 2 is 2.04 bits per heavy atom. The molecule has 0 unspecified atom stereocenters. The van der Waals surface area contributed by atoms with E-state index < -0.39 is 0 Å². The van der Waals surface area contributed by atoms with E-state index in [0.717, 1.165) is 35.1 Å². The molecule has 0 aliphatic carbocycles. The zero-order chi connectivity index (χ0) is 18.0. The van der Waals surface area contributed by atoms with Gasteiger partial charge in [0.25, 0.3) is 0 Å². The van der Waals surface area contributed by atoms with Crippen LogP contribution in [-0.2, 0) is 22.4 Å². The highest BCUT2D eigenvalue weighted by molar-refractivity contribution is 9.10. The van der Waals surface area contributed by atoms with Crippen LogP contribution in [-0.4, -0.2) is 23.5 Å². The number of benzene rings is 2. The monoisotopic (exact) mass is 402 g/mol. The summed E-state index contributed by atoms with van der Waals surface area (Å²) in [6.45, 7) is 2.30. The fraction of sp³-hybridized carbons (Fsp3) is 0.263. The third-order valence-electron chi connectivity index (χ3n) is 4.26. The van der Waals surface area contributed by atoms with Crippen LogP contribution in [0.25, 0.3) is 0 Å². The zero-order valence-corrected chi connectivity index (χ0v) is 15.5. The van der Waals surface area contributed by atoms with E-state index in [1.807, 2.05) is 12.1 Å². The van der Waals surface area contributed by atoms with Crippen molar-refractivity contribution in [2.24, 2.45) is 0 Å². The lowest BCUT2D eigenvalue weighted by molar-refractivity contribution is -0.117. The lowest BCUT2D eigenvalue weighted by atomic mass is 10.0. The zero-order valence-electron chi connectivity index (χ0n) is 13.9. The molecule has 2 aromatic carbocycles. The number of aryl methyl sites for hydroxylation is 1. The largest absolute Gasteiger partial charge is 0.508 e. The molecule has 2 N–H and O–H groups in total. The van der Waals surface area contributed by atoms with Crippen molar-refractivity contribution in [3.8, 4) is 5.75 Å². The van der Waals surface area contributed by atoms with Crippen LogP contribution in [0.1, 0.15) is 24.5 Å². The predicted octanol–water partition coefficient (Wildman–Crippen LogP) is 3.64. The first kappa shape index (κ1) is 17.5. The molecule has 0 bridgehead atoms. The Bertz CT molecular complexity index is 835. The van der Waals surface area contributed by atoms with Crippen LogP contribution in [0.15, 0.2) is 40.9 Å². The number of anilines is 2. The molecule has 1 aliphatic rings. The molecule has 0 spiro atoms. The molecule has 3 rings (SSSR count). The lowest BCUT2D eigenvalue weighted by Gasteiger charge is -2.29. The van der Waals surface area contributed by atoms with Gasteiger partial charge in [-0.3, -0.25) is 9.59 Å². The highest BCUT2D eigenvalue weighted by atomic mass is 79.9. The predicted molar refractivity (Wildman–Crippen MR) is 101 cm³/mol. The Kier molecular flexibility index (Phi) is 5.08. The highest BCUT2D eigenvalue weighted by Gasteiger charge is 2.20. The molecule has 2 aromatic rings. The van der Waals surface area contributed by atoms with Gasteiger partial charge in [-0.25, -0.2) is 0 Å². The number of carbonyl (C=O) groups excluding carboxylic acids is 2. The summed E-state index contributed by atoms with van der Waals surface area (Å²) >= 11 is 3.28. The van der Waals surface area contributed by atoms with Gasteiger partial charge in [0.2, 0.25) is 11.8 Å². The van der Waals surface area contributed by atoms with Crippen LogP contribution in [0, 0.1) is 0 Å². The van der Waals surface area contributed by atoms with Crippen LogP contribution in [0.2, 0.25) is 0 Å². The summed E-state index contributed by atoms with van der Waals surface area (Å²) in [5.74, 6) is -0.0766. The SMILES string of the molecule is CC(=O)N1CCCc2cc(NC(=O)Cc3ccc(Br)cc3O)ccc21. The molecule has 1 aliphatic heterocycles. The van der Waals surface area contributed by atoms with Crippen LogP contribution in [0.5, 0.6) is 5.75 Å². The summed E-state index contributed by atoms with van der Waals surface area (Å²) in [7, 11) is 0. The number of phenols is 1. The number of rotatable bonds is 3. The molecule has 6 heteroatoms. The van der Waals surface area contributed by atoms with E-state index in [0.29, 0.717) is 11.3 Å².